The molecule has 0 fully saturated rings. The molecule has 1 rings (SSSR count). The summed E-state index contributed by atoms with van der Waals surface area (Å²) < 4.78 is 2.37. The largest absolute Gasteiger partial charge is 0.310 e. The van der Waals surface area contributed by atoms with E-state index in [1.54, 1.807) is 0 Å². The highest BCUT2D eigenvalue weighted by molar-refractivity contribution is 9.13. The van der Waals surface area contributed by atoms with Gasteiger partial charge in [-0.2, -0.15) is 0 Å². The van der Waals surface area contributed by atoms with Gasteiger partial charge in [0.1, 0.15) is 0 Å². The highest BCUT2D eigenvalue weighted by atomic mass is 79.9. The van der Waals surface area contributed by atoms with Crippen LogP contribution in [0.1, 0.15) is 56.9 Å². The van der Waals surface area contributed by atoms with Crippen molar-refractivity contribution < 1.29 is 0 Å². The summed E-state index contributed by atoms with van der Waals surface area (Å²) in [6, 6.07) is 2.76. The van der Waals surface area contributed by atoms with Crippen LogP contribution in [0.15, 0.2) is 14.3 Å². The summed E-state index contributed by atoms with van der Waals surface area (Å²) in [7, 11) is 0. The van der Waals surface area contributed by atoms with Gasteiger partial charge in [-0.25, -0.2) is 0 Å². The molecular formula is C13H21Br2NS. The molecule has 0 amide bonds. The Labute approximate surface area is 126 Å². The van der Waals surface area contributed by atoms with Crippen LogP contribution in [0.25, 0.3) is 0 Å². The van der Waals surface area contributed by atoms with Gasteiger partial charge in [-0.3, -0.25) is 0 Å². The molecule has 1 aromatic heterocycles. The minimum atomic E-state index is 0.518. The third-order valence-corrected chi connectivity index (χ3v) is 6.17. The van der Waals surface area contributed by atoms with E-state index < -0.39 is 0 Å². The van der Waals surface area contributed by atoms with Gasteiger partial charge in [0.15, 0.2) is 0 Å². The standard InChI is InChI=1S/C13H21Br2NS/c1-3-5-6-7-8-11(16-4-2)12-9-10(14)13(15)17-12/h9,11,16H,3-8H2,1-2H3. The number of rotatable bonds is 8. The SMILES string of the molecule is CCCCCCC(NCC)c1cc(Br)c(Br)s1. The van der Waals surface area contributed by atoms with Crippen molar-refractivity contribution in [2.24, 2.45) is 0 Å². The summed E-state index contributed by atoms with van der Waals surface area (Å²) in [5.41, 5.74) is 0. The molecule has 0 aliphatic rings. The van der Waals surface area contributed by atoms with E-state index in [-0.39, 0.29) is 0 Å². The van der Waals surface area contributed by atoms with Gasteiger partial charge in [0.25, 0.3) is 0 Å². The molecule has 1 heterocycles. The molecule has 0 aromatic carbocycles. The summed E-state index contributed by atoms with van der Waals surface area (Å²) in [6.07, 6.45) is 6.58. The number of hydrogen-bond acceptors (Lipinski definition) is 2. The minimum Gasteiger partial charge on any atom is -0.310 e. The van der Waals surface area contributed by atoms with Crippen molar-refractivity contribution in [1.29, 1.82) is 0 Å². The second kappa shape index (κ2) is 8.68. The lowest BCUT2D eigenvalue weighted by Gasteiger charge is -2.16. The fraction of sp³-hybridized carbons (Fsp3) is 0.692. The summed E-state index contributed by atoms with van der Waals surface area (Å²) in [5.74, 6) is 0. The van der Waals surface area contributed by atoms with Gasteiger partial charge in [0.05, 0.1) is 3.79 Å². The molecule has 0 saturated carbocycles. The topological polar surface area (TPSA) is 12.0 Å². The van der Waals surface area contributed by atoms with Crippen LogP contribution in [-0.2, 0) is 0 Å². The van der Waals surface area contributed by atoms with E-state index in [4.69, 9.17) is 0 Å². The summed E-state index contributed by atoms with van der Waals surface area (Å²) in [5, 5.41) is 3.59. The Morgan fingerprint density at radius 1 is 1.24 bits per heavy atom. The maximum atomic E-state index is 3.59. The molecule has 17 heavy (non-hydrogen) atoms. The maximum Gasteiger partial charge on any atom is 0.0843 e. The van der Waals surface area contributed by atoms with Crippen LogP contribution in [-0.4, -0.2) is 6.54 Å². The van der Waals surface area contributed by atoms with Crippen LogP contribution in [0.3, 0.4) is 0 Å². The van der Waals surface area contributed by atoms with Gasteiger partial charge in [0.2, 0.25) is 0 Å². The van der Waals surface area contributed by atoms with Gasteiger partial charge in [-0.15, -0.1) is 11.3 Å². The monoisotopic (exact) mass is 381 g/mol. The van der Waals surface area contributed by atoms with Gasteiger partial charge in [0, 0.05) is 15.4 Å². The van der Waals surface area contributed by atoms with E-state index >= 15 is 0 Å². The molecule has 0 spiro atoms. The van der Waals surface area contributed by atoms with Crippen LogP contribution in [0.2, 0.25) is 0 Å². The average molecular weight is 383 g/mol. The van der Waals surface area contributed by atoms with E-state index in [0.29, 0.717) is 6.04 Å². The van der Waals surface area contributed by atoms with Gasteiger partial charge >= 0.3 is 0 Å². The van der Waals surface area contributed by atoms with Crippen molar-refractivity contribution in [1.82, 2.24) is 5.32 Å². The third-order valence-electron chi connectivity index (χ3n) is 2.80. The number of halogens is 2. The molecule has 1 atom stereocenters. The number of hydrogen-bond donors (Lipinski definition) is 1. The number of unbranched alkanes of at least 4 members (excludes halogenated alkanes) is 3. The molecule has 1 unspecified atom stereocenters. The third kappa shape index (κ3) is 5.41. The van der Waals surface area contributed by atoms with Crippen molar-refractivity contribution in [2.75, 3.05) is 6.54 Å². The Kier molecular flexibility index (Phi) is 8.00. The molecule has 1 nitrogen and oxygen atoms in total. The first kappa shape index (κ1) is 15.7. The fourth-order valence-electron chi connectivity index (χ4n) is 1.90. The van der Waals surface area contributed by atoms with Crippen LogP contribution in [0, 0.1) is 0 Å². The fourth-order valence-corrected chi connectivity index (χ4v) is 4.10. The Balaban J connectivity index is 2.52. The molecule has 1 N–H and O–H groups in total. The second-order valence-electron chi connectivity index (χ2n) is 4.23. The Morgan fingerprint density at radius 3 is 2.53 bits per heavy atom. The molecular weight excluding hydrogens is 362 g/mol. The summed E-state index contributed by atoms with van der Waals surface area (Å²) >= 11 is 8.97. The normalized spacial score (nSPS) is 12.9. The molecule has 98 valence electrons. The number of thiophene rings is 1. The van der Waals surface area contributed by atoms with Crippen LogP contribution in [0.5, 0.6) is 0 Å². The lowest BCUT2D eigenvalue weighted by molar-refractivity contribution is 0.487. The molecule has 0 aliphatic carbocycles. The van der Waals surface area contributed by atoms with Crippen molar-refractivity contribution >= 4 is 43.2 Å². The molecule has 0 bridgehead atoms. The number of nitrogens with one attached hydrogen (secondary N) is 1. The first-order valence-corrected chi connectivity index (χ1v) is 8.77. The molecule has 0 radical (unpaired) electrons. The minimum absolute atomic E-state index is 0.518. The lowest BCUT2D eigenvalue weighted by Crippen LogP contribution is -2.19. The smallest absolute Gasteiger partial charge is 0.0843 e. The van der Waals surface area contributed by atoms with E-state index in [9.17, 15) is 0 Å². The van der Waals surface area contributed by atoms with E-state index in [2.05, 4.69) is 57.1 Å². The van der Waals surface area contributed by atoms with Gasteiger partial charge in [-0.1, -0.05) is 39.5 Å². The quantitative estimate of drug-likeness (QED) is 0.552. The molecule has 1 aromatic rings. The summed E-state index contributed by atoms with van der Waals surface area (Å²) in [6.45, 7) is 5.47. The first-order chi connectivity index (χ1) is 8.19. The highest BCUT2D eigenvalue weighted by Crippen LogP contribution is 2.36. The Hall–Kier alpha value is 0.620. The van der Waals surface area contributed by atoms with E-state index in [1.165, 1.54) is 45.2 Å². The Bertz CT molecular complexity index is 306. The first-order valence-electron chi connectivity index (χ1n) is 6.37. The van der Waals surface area contributed by atoms with Crippen molar-refractivity contribution in [2.45, 2.75) is 52.0 Å². The molecule has 0 saturated heterocycles. The summed E-state index contributed by atoms with van der Waals surface area (Å²) in [4.78, 5) is 1.43. The van der Waals surface area contributed by atoms with E-state index in [1.807, 2.05) is 11.3 Å². The Morgan fingerprint density at radius 2 is 2.00 bits per heavy atom. The van der Waals surface area contributed by atoms with Crippen molar-refractivity contribution in [3.05, 3.63) is 19.2 Å². The van der Waals surface area contributed by atoms with Crippen LogP contribution >= 0.6 is 43.2 Å². The zero-order valence-electron chi connectivity index (χ0n) is 10.6. The molecule has 4 heteroatoms. The molecule has 0 aliphatic heterocycles. The highest BCUT2D eigenvalue weighted by Gasteiger charge is 2.14. The zero-order valence-corrected chi connectivity index (χ0v) is 14.6. The van der Waals surface area contributed by atoms with Gasteiger partial charge in [-0.05, 0) is 50.9 Å². The lowest BCUT2D eigenvalue weighted by atomic mass is 10.1. The van der Waals surface area contributed by atoms with Gasteiger partial charge < -0.3 is 5.32 Å². The van der Waals surface area contributed by atoms with Crippen molar-refractivity contribution in [3.8, 4) is 0 Å². The van der Waals surface area contributed by atoms with E-state index in [0.717, 1.165) is 6.54 Å². The van der Waals surface area contributed by atoms with Crippen LogP contribution in [0.4, 0.5) is 0 Å². The zero-order chi connectivity index (χ0) is 12.7. The predicted octanol–water partition coefficient (Wildman–Crippen LogP) is 5.89. The predicted molar refractivity (Wildman–Crippen MR) is 84.9 cm³/mol. The second-order valence-corrected chi connectivity index (χ2v) is 7.49. The maximum absolute atomic E-state index is 3.59. The van der Waals surface area contributed by atoms with Crippen molar-refractivity contribution in [3.63, 3.8) is 0 Å². The van der Waals surface area contributed by atoms with Crippen LogP contribution < -0.4 is 5.32 Å². The average Bonchev–Trinajstić information content (AvgIpc) is 2.63.